The molecular weight excluding hydrogens is 224 g/mol. The summed E-state index contributed by atoms with van der Waals surface area (Å²) in [5, 5.41) is 13.8. The van der Waals surface area contributed by atoms with Crippen molar-refractivity contribution in [2.75, 3.05) is 13.2 Å². The summed E-state index contributed by atoms with van der Waals surface area (Å²) in [6, 6.07) is 8.71. The fraction of sp³-hybridized carbons (Fsp3) is 0.467. The highest BCUT2D eigenvalue weighted by molar-refractivity contribution is 5.80. The van der Waals surface area contributed by atoms with Gasteiger partial charge in [0.2, 0.25) is 0 Å². The van der Waals surface area contributed by atoms with Crippen LogP contribution < -0.4 is 5.32 Å². The molecule has 3 heteroatoms. The van der Waals surface area contributed by atoms with Crippen LogP contribution in [0.1, 0.15) is 19.4 Å². The van der Waals surface area contributed by atoms with E-state index >= 15 is 0 Å². The van der Waals surface area contributed by atoms with E-state index in [0.717, 1.165) is 19.6 Å². The van der Waals surface area contributed by atoms with Gasteiger partial charge in [0.05, 0.1) is 0 Å². The molecule has 2 aromatic rings. The maximum Gasteiger partial charge on any atom is 0.0483 e. The second-order valence-electron chi connectivity index (χ2n) is 4.93. The summed E-state index contributed by atoms with van der Waals surface area (Å²) in [5.41, 5.74) is 2.56. The van der Waals surface area contributed by atoms with Gasteiger partial charge >= 0.3 is 0 Å². The highest BCUT2D eigenvalue weighted by Gasteiger charge is 2.06. The Morgan fingerprint density at radius 3 is 2.89 bits per heavy atom. The van der Waals surface area contributed by atoms with Gasteiger partial charge in [-0.05, 0) is 35.5 Å². The predicted octanol–water partition coefficient (Wildman–Crippen LogP) is 2.38. The molecule has 0 amide bonds. The average Bonchev–Trinajstić information content (AvgIpc) is 2.79. The second-order valence-corrected chi connectivity index (χ2v) is 4.93. The number of benzene rings is 1. The van der Waals surface area contributed by atoms with Crippen LogP contribution in [0.15, 0.2) is 30.5 Å². The molecule has 1 aromatic carbocycles. The van der Waals surface area contributed by atoms with Gasteiger partial charge in [0.1, 0.15) is 0 Å². The van der Waals surface area contributed by atoms with Gasteiger partial charge in [0, 0.05) is 31.4 Å². The SMILES string of the molecule is CCNCc1ccc2ccn(CC(C)CO)c2c1. The van der Waals surface area contributed by atoms with Crippen LogP contribution in [0, 0.1) is 5.92 Å². The standard InChI is InChI=1S/C15H22N2O/c1-3-16-9-13-4-5-14-6-7-17(15(14)8-13)10-12(2)11-18/h4-8,12,16,18H,3,9-11H2,1-2H3. The third-order valence-electron chi connectivity index (χ3n) is 3.24. The second kappa shape index (κ2) is 6.03. The number of hydrogen-bond acceptors (Lipinski definition) is 2. The predicted molar refractivity (Wildman–Crippen MR) is 75.6 cm³/mol. The molecule has 0 fully saturated rings. The maximum atomic E-state index is 9.15. The Balaban J connectivity index is 2.25. The Morgan fingerprint density at radius 1 is 1.33 bits per heavy atom. The van der Waals surface area contributed by atoms with Crippen LogP contribution in [-0.4, -0.2) is 22.8 Å². The molecule has 0 aliphatic rings. The first-order valence-electron chi connectivity index (χ1n) is 6.64. The Morgan fingerprint density at radius 2 is 2.17 bits per heavy atom. The lowest BCUT2D eigenvalue weighted by Crippen LogP contribution is -2.12. The summed E-state index contributed by atoms with van der Waals surface area (Å²) in [4.78, 5) is 0. The molecule has 0 aliphatic carbocycles. The van der Waals surface area contributed by atoms with Gasteiger partial charge in [0.15, 0.2) is 0 Å². The molecular formula is C15H22N2O. The molecule has 98 valence electrons. The number of rotatable bonds is 6. The zero-order chi connectivity index (χ0) is 13.0. The van der Waals surface area contributed by atoms with E-state index in [4.69, 9.17) is 5.11 Å². The van der Waals surface area contributed by atoms with Crippen LogP contribution in [0.2, 0.25) is 0 Å². The molecule has 1 unspecified atom stereocenters. The third kappa shape index (κ3) is 2.92. The lowest BCUT2D eigenvalue weighted by molar-refractivity contribution is 0.224. The first kappa shape index (κ1) is 13.1. The van der Waals surface area contributed by atoms with Crippen LogP contribution >= 0.6 is 0 Å². The van der Waals surface area contributed by atoms with Gasteiger partial charge in [-0.3, -0.25) is 0 Å². The first-order chi connectivity index (χ1) is 8.74. The number of nitrogens with zero attached hydrogens (tertiary/aromatic N) is 1. The molecule has 1 atom stereocenters. The summed E-state index contributed by atoms with van der Waals surface area (Å²) in [5.74, 6) is 0.290. The van der Waals surface area contributed by atoms with Crippen molar-refractivity contribution in [3.8, 4) is 0 Å². The topological polar surface area (TPSA) is 37.2 Å². The van der Waals surface area contributed by atoms with E-state index in [9.17, 15) is 0 Å². The monoisotopic (exact) mass is 246 g/mol. The molecule has 3 nitrogen and oxygen atoms in total. The minimum absolute atomic E-state index is 0.233. The van der Waals surface area contributed by atoms with E-state index in [1.165, 1.54) is 16.5 Å². The zero-order valence-electron chi connectivity index (χ0n) is 11.2. The summed E-state index contributed by atoms with van der Waals surface area (Å²) < 4.78 is 2.23. The fourth-order valence-corrected chi connectivity index (χ4v) is 2.16. The van der Waals surface area contributed by atoms with E-state index in [2.05, 4.69) is 54.2 Å². The fourth-order valence-electron chi connectivity index (χ4n) is 2.16. The number of hydrogen-bond donors (Lipinski definition) is 2. The lowest BCUT2D eigenvalue weighted by atomic mass is 10.1. The summed E-state index contributed by atoms with van der Waals surface area (Å²) >= 11 is 0. The molecule has 0 aliphatic heterocycles. The first-order valence-corrected chi connectivity index (χ1v) is 6.64. The molecule has 18 heavy (non-hydrogen) atoms. The minimum Gasteiger partial charge on any atom is -0.396 e. The Hall–Kier alpha value is -1.32. The van der Waals surface area contributed by atoms with Crippen LogP contribution in [0.25, 0.3) is 10.9 Å². The van der Waals surface area contributed by atoms with Crippen molar-refractivity contribution in [2.45, 2.75) is 26.9 Å². The Labute approximate surface area is 108 Å². The minimum atomic E-state index is 0.233. The number of nitrogens with one attached hydrogen (secondary N) is 1. The molecule has 0 spiro atoms. The van der Waals surface area contributed by atoms with Gasteiger partial charge < -0.3 is 15.0 Å². The number of aromatic nitrogens is 1. The van der Waals surface area contributed by atoms with E-state index in [1.54, 1.807) is 0 Å². The van der Waals surface area contributed by atoms with Crippen LogP contribution in [0.4, 0.5) is 0 Å². The number of fused-ring (bicyclic) bond motifs is 1. The number of aliphatic hydroxyl groups excluding tert-OH is 1. The average molecular weight is 246 g/mol. The van der Waals surface area contributed by atoms with E-state index in [1.807, 2.05) is 0 Å². The quantitative estimate of drug-likeness (QED) is 0.821. The Kier molecular flexibility index (Phi) is 4.39. The molecule has 0 radical (unpaired) electrons. The van der Waals surface area contributed by atoms with Crippen molar-refractivity contribution in [1.29, 1.82) is 0 Å². The summed E-state index contributed by atoms with van der Waals surface area (Å²) in [6.07, 6.45) is 2.11. The molecule has 2 N–H and O–H groups in total. The van der Waals surface area contributed by atoms with Crippen molar-refractivity contribution >= 4 is 10.9 Å². The van der Waals surface area contributed by atoms with Gasteiger partial charge in [-0.15, -0.1) is 0 Å². The van der Waals surface area contributed by atoms with E-state index in [0.29, 0.717) is 0 Å². The number of aliphatic hydroxyl groups is 1. The molecule has 1 heterocycles. The van der Waals surface area contributed by atoms with E-state index in [-0.39, 0.29) is 12.5 Å². The highest BCUT2D eigenvalue weighted by Crippen LogP contribution is 2.19. The van der Waals surface area contributed by atoms with Gasteiger partial charge in [-0.1, -0.05) is 26.0 Å². The van der Waals surface area contributed by atoms with Crippen LogP contribution in [0.5, 0.6) is 0 Å². The van der Waals surface area contributed by atoms with Crippen LogP contribution in [-0.2, 0) is 13.1 Å². The molecule has 2 rings (SSSR count). The van der Waals surface area contributed by atoms with Crippen molar-refractivity contribution in [2.24, 2.45) is 5.92 Å². The smallest absolute Gasteiger partial charge is 0.0483 e. The normalized spacial score (nSPS) is 13.1. The van der Waals surface area contributed by atoms with Crippen LogP contribution in [0.3, 0.4) is 0 Å². The van der Waals surface area contributed by atoms with Crippen molar-refractivity contribution in [1.82, 2.24) is 9.88 Å². The van der Waals surface area contributed by atoms with Crippen molar-refractivity contribution in [3.05, 3.63) is 36.0 Å². The molecule has 0 bridgehead atoms. The lowest BCUT2D eigenvalue weighted by Gasteiger charge is -2.11. The molecule has 0 saturated carbocycles. The van der Waals surface area contributed by atoms with Gasteiger partial charge in [0.25, 0.3) is 0 Å². The molecule has 1 aromatic heterocycles. The van der Waals surface area contributed by atoms with Crippen molar-refractivity contribution < 1.29 is 5.11 Å². The zero-order valence-corrected chi connectivity index (χ0v) is 11.2. The van der Waals surface area contributed by atoms with Gasteiger partial charge in [-0.2, -0.15) is 0 Å². The van der Waals surface area contributed by atoms with Crippen molar-refractivity contribution in [3.63, 3.8) is 0 Å². The molecule has 0 saturated heterocycles. The van der Waals surface area contributed by atoms with E-state index < -0.39 is 0 Å². The third-order valence-corrected chi connectivity index (χ3v) is 3.24. The maximum absolute atomic E-state index is 9.15. The largest absolute Gasteiger partial charge is 0.396 e. The summed E-state index contributed by atoms with van der Waals surface area (Å²) in [7, 11) is 0. The van der Waals surface area contributed by atoms with Gasteiger partial charge in [-0.25, -0.2) is 0 Å². The highest BCUT2D eigenvalue weighted by atomic mass is 16.3. The summed E-state index contributed by atoms with van der Waals surface area (Å²) in [6.45, 7) is 7.17. The Bertz CT molecular complexity index is 504.